The molecular weight excluding hydrogens is 437 g/mol. The highest BCUT2D eigenvalue weighted by molar-refractivity contribution is 8.01. The van der Waals surface area contributed by atoms with E-state index in [0.29, 0.717) is 26.0 Å². The Hall–Kier alpha value is -0.590. The van der Waals surface area contributed by atoms with Gasteiger partial charge in [0.1, 0.15) is 5.75 Å². The maximum Gasteiger partial charge on any atom is 0.330 e. The summed E-state index contributed by atoms with van der Waals surface area (Å²) in [6, 6.07) is 6.06. The smallest absolute Gasteiger partial charge is 0.330 e. The average Bonchev–Trinajstić information content (AvgIpc) is 3.13. The summed E-state index contributed by atoms with van der Waals surface area (Å²) in [7, 11) is -2.94. The number of unbranched alkanes of at least 4 members (excludes halogenated alkanes) is 4. The van der Waals surface area contributed by atoms with Crippen molar-refractivity contribution in [1.29, 1.82) is 0 Å². The summed E-state index contributed by atoms with van der Waals surface area (Å²) < 4.78 is 32.1. The van der Waals surface area contributed by atoms with Gasteiger partial charge in [-0.1, -0.05) is 44.9 Å². The van der Waals surface area contributed by atoms with E-state index < -0.39 is 7.60 Å². The molecule has 0 bridgehead atoms. The van der Waals surface area contributed by atoms with Crippen LogP contribution in [0.15, 0.2) is 22.5 Å². The van der Waals surface area contributed by atoms with Crippen LogP contribution >= 0.6 is 30.7 Å². The van der Waals surface area contributed by atoms with E-state index in [1.807, 2.05) is 19.1 Å². The zero-order valence-corrected chi connectivity index (χ0v) is 21.1. The van der Waals surface area contributed by atoms with Crippen molar-refractivity contribution in [2.45, 2.75) is 70.1 Å². The van der Waals surface area contributed by atoms with Crippen LogP contribution in [0.25, 0.3) is 10.2 Å². The zero-order valence-electron chi connectivity index (χ0n) is 18.6. The van der Waals surface area contributed by atoms with Gasteiger partial charge in [0.05, 0.1) is 36.2 Å². The Kier molecular flexibility index (Phi) is 12.4. The molecule has 0 unspecified atom stereocenters. The van der Waals surface area contributed by atoms with E-state index >= 15 is 0 Å². The summed E-state index contributed by atoms with van der Waals surface area (Å²) in [6.07, 6.45) is 7.38. The largest absolute Gasteiger partial charge is 0.494 e. The molecule has 1 aromatic carbocycles. The third-order valence-electron chi connectivity index (χ3n) is 4.52. The average molecular weight is 474 g/mol. The van der Waals surface area contributed by atoms with E-state index in [0.717, 1.165) is 71.0 Å². The predicted molar refractivity (Wildman–Crippen MR) is 130 cm³/mol. The zero-order chi connectivity index (χ0) is 21.7. The Morgan fingerprint density at radius 1 is 1.00 bits per heavy atom. The lowest BCUT2D eigenvalue weighted by molar-refractivity contribution is 0.199. The minimum Gasteiger partial charge on any atom is -0.494 e. The van der Waals surface area contributed by atoms with Gasteiger partial charge in [-0.25, -0.2) is 4.98 Å². The van der Waals surface area contributed by atoms with Crippen molar-refractivity contribution in [2.24, 2.45) is 0 Å². The van der Waals surface area contributed by atoms with Crippen LogP contribution in [0.3, 0.4) is 0 Å². The quantitative estimate of drug-likeness (QED) is 0.133. The van der Waals surface area contributed by atoms with Gasteiger partial charge in [0.2, 0.25) is 0 Å². The highest BCUT2D eigenvalue weighted by Gasteiger charge is 2.23. The van der Waals surface area contributed by atoms with Gasteiger partial charge in [0.15, 0.2) is 4.34 Å². The van der Waals surface area contributed by atoms with Crippen molar-refractivity contribution >= 4 is 40.9 Å². The number of ether oxygens (including phenoxy) is 1. The van der Waals surface area contributed by atoms with E-state index in [1.54, 1.807) is 23.1 Å². The summed E-state index contributed by atoms with van der Waals surface area (Å²) >= 11 is 3.51. The number of aromatic nitrogens is 1. The highest BCUT2D eigenvalue weighted by atomic mass is 32.2. The lowest BCUT2D eigenvalue weighted by atomic mass is 10.3. The Balaban J connectivity index is 1.71. The maximum atomic E-state index is 12.9. The van der Waals surface area contributed by atoms with Crippen LogP contribution in [0, 0.1) is 0 Å². The molecule has 0 saturated heterocycles. The minimum atomic E-state index is -2.94. The molecule has 0 spiro atoms. The lowest BCUT2D eigenvalue weighted by Gasteiger charge is -2.18. The Morgan fingerprint density at radius 2 is 1.73 bits per heavy atom. The fourth-order valence-electron chi connectivity index (χ4n) is 2.81. The van der Waals surface area contributed by atoms with Crippen LogP contribution in [0.1, 0.15) is 65.7 Å². The number of nitrogens with zero attached hydrogens (tertiary/aromatic N) is 1. The standard InChI is InChI=1S/C22H36NO4PS2/c1-4-7-14-26-28(24,27-15-8-5-2)16-10-9-11-17-29-22-23-20-13-12-19(25-6-3)18-21(20)30-22/h12-13,18H,4-11,14-17H2,1-3H3. The molecule has 30 heavy (non-hydrogen) atoms. The molecule has 0 atom stereocenters. The predicted octanol–water partition coefficient (Wildman–Crippen LogP) is 7.78. The van der Waals surface area contributed by atoms with Crippen LogP contribution in [0.4, 0.5) is 0 Å². The van der Waals surface area contributed by atoms with Crippen molar-refractivity contribution in [3.05, 3.63) is 18.2 Å². The second-order valence-corrected chi connectivity index (χ2v) is 11.7. The number of hydrogen-bond donors (Lipinski definition) is 0. The molecule has 0 radical (unpaired) electrons. The summed E-state index contributed by atoms with van der Waals surface area (Å²) in [5, 5.41) is 0. The lowest BCUT2D eigenvalue weighted by Crippen LogP contribution is -2.03. The molecule has 0 aliphatic carbocycles. The number of rotatable bonds is 17. The second kappa shape index (κ2) is 14.5. The monoisotopic (exact) mass is 473 g/mol. The van der Waals surface area contributed by atoms with E-state index in [-0.39, 0.29) is 0 Å². The number of thioether (sulfide) groups is 1. The first-order chi connectivity index (χ1) is 14.6. The Bertz CT molecular complexity index is 770. The van der Waals surface area contributed by atoms with Crippen molar-refractivity contribution < 1.29 is 18.3 Å². The third-order valence-corrected chi connectivity index (χ3v) is 8.79. The molecule has 1 aromatic heterocycles. The van der Waals surface area contributed by atoms with E-state index in [1.165, 1.54) is 0 Å². The molecule has 0 aliphatic heterocycles. The van der Waals surface area contributed by atoms with Crippen molar-refractivity contribution in [1.82, 2.24) is 4.98 Å². The first kappa shape index (κ1) is 25.7. The van der Waals surface area contributed by atoms with Gasteiger partial charge in [-0.3, -0.25) is 4.57 Å². The first-order valence-electron chi connectivity index (χ1n) is 11.1. The van der Waals surface area contributed by atoms with Crippen molar-refractivity contribution in [2.75, 3.05) is 31.7 Å². The molecule has 2 rings (SSSR count). The van der Waals surface area contributed by atoms with E-state index in [4.69, 9.17) is 18.8 Å². The topological polar surface area (TPSA) is 57.7 Å². The molecule has 8 heteroatoms. The van der Waals surface area contributed by atoms with Gasteiger partial charge in [0, 0.05) is 5.75 Å². The van der Waals surface area contributed by atoms with Gasteiger partial charge < -0.3 is 13.8 Å². The van der Waals surface area contributed by atoms with Gasteiger partial charge in [-0.05, 0) is 50.8 Å². The van der Waals surface area contributed by atoms with E-state index in [2.05, 4.69) is 19.9 Å². The molecule has 1 heterocycles. The van der Waals surface area contributed by atoms with Crippen LogP contribution in [0.5, 0.6) is 5.75 Å². The summed E-state index contributed by atoms with van der Waals surface area (Å²) in [5.41, 5.74) is 1.03. The molecule has 0 amide bonds. The molecule has 0 aliphatic rings. The van der Waals surface area contributed by atoms with Gasteiger partial charge >= 0.3 is 7.60 Å². The van der Waals surface area contributed by atoms with Crippen LogP contribution in [-0.2, 0) is 13.6 Å². The number of thiazole rings is 1. The van der Waals surface area contributed by atoms with Crippen molar-refractivity contribution in [3.63, 3.8) is 0 Å². The van der Waals surface area contributed by atoms with Crippen LogP contribution in [0.2, 0.25) is 0 Å². The first-order valence-corrected chi connectivity index (χ1v) is 14.7. The van der Waals surface area contributed by atoms with Crippen LogP contribution < -0.4 is 4.74 Å². The second-order valence-electron chi connectivity index (χ2n) is 7.16. The SMILES string of the molecule is CCCCOP(=O)(CCCCCSc1nc2ccc(OCC)cc2s1)OCCCC. The molecular formula is C22H36NO4PS2. The van der Waals surface area contributed by atoms with Crippen molar-refractivity contribution in [3.8, 4) is 5.75 Å². The fraction of sp³-hybridized carbons (Fsp3) is 0.682. The molecule has 170 valence electrons. The number of hydrogen-bond acceptors (Lipinski definition) is 7. The minimum absolute atomic E-state index is 0.520. The summed E-state index contributed by atoms with van der Waals surface area (Å²) in [5.74, 6) is 1.91. The molecule has 0 N–H and O–H groups in total. The highest BCUT2D eigenvalue weighted by Crippen LogP contribution is 2.49. The Labute approximate surface area is 189 Å². The molecule has 5 nitrogen and oxygen atoms in total. The third kappa shape index (κ3) is 9.27. The summed E-state index contributed by atoms with van der Waals surface area (Å²) in [4.78, 5) is 4.70. The number of fused-ring (bicyclic) bond motifs is 1. The van der Waals surface area contributed by atoms with Gasteiger partial charge in [0.25, 0.3) is 0 Å². The maximum absolute atomic E-state index is 12.9. The Morgan fingerprint density at radius 3 is 2.40 bits per heavy atom. The normalized spacial score (nSPS) is 12.0. The number of benzene rings is 1. The molecule has 2 aromatic rings. The van der Waals surface area contributed by atoms with Gasteiger partial charge in [-0.15, -0.1) is 11.3 Å². The molecule has 0 fully saturated rings. The molecule has 0 saturated carbocycles. The van der Waals surface area contributed by atoms with Crippen LogP contribution in [-0.4, -0.2) is 36.7 Å². The summed E-state index contributed by atoms with van der Waals surface area (Å²) in [6.45, 7) is 7.93. The van der Waals surface area contributed by atoms with E-state index in [9.17, 15) is 4.57 Å². The van der Waals surface area contributed by atoms with Gasteiger partial charge in [-0.2, -0.15) is 0 Å². The fourth-order valence-corrected chi connectivity index (χ4v) is 6.73.